The monoisotopic (exact) mass is 2070 g/mol. The summed E-state index contributed by atoms with van der Waals surface area (Å²) in [7, 11) is 0. The van der Waals surface area contributed by atoms with E-state index in [0.29, 0.717) is 52.4 Å². The number of carboxylic acids is 2. The van der Waals surface area contributed by atoms with Gasteiger partial charge in [0.05, 0.1) is 72.0 Å². The van der Waals surface area contributed by atoms with Gasteiger partial charge in [-0.05, 0) is 111 Å². The molecule has 114 heavy (non-hydrogen) atoms. The van der Waals surface area contributed by atoms with E-state index in [1.165, 1.54) is 9.82 Å². The zero-order valence-electron chi connectivity index (χ0n) is 61.2. The Morgan fingerprint density at radius 3 is 0.474 bits per heavy atom. The van der Waals surface area contributed by atoms with Crippen molar-refractivity contribution in [3.63, 3.8) is 0 Å². The molecule has 8 heterocycles. The molecule has 0 spiro atoms. The predicted octanol–water partition coefficient (Wildman–Crippen LogP) is -7.48. The van der Waals surface area contributed by atoms with Crippen molar-refractivity contribution in [2.75, 3.05) is 79.3 Å². The largest absolute Gasteiger partial charge is 3.00 e. The van der Waals surface area contributed by atoms with Gasteiger partial charge in [0.1, 0.15) is 0 Å². The van der Waals surface area contributed by atoms with Gasteiger partial charge in [0.15, 0.2) is 0 Å². The molecule has 0 aromatic carbocycles. The first-order chi connectivity index (χ1) is 49.2. The van der Waals surface area contributed by atoms with Gasteiger partial charge in [0, 0.05) is 136 Å². The van der Waals surface area contributed by atoms with E-state index in [2.05, 4.69) is 39.9 Å². The molecule has 46 heteroatoms. The molecule has 0 saturated carbocycles. The molecule has 2 radical (unpaired) electrons. The van der Waals surface area contributed by atoms with Gasteiger partial charge in [0.25, 0.3) is 0 Å². The summed E-state index contributed by atoms with van der Waals surface area (Å²) in [5, 5.41) is 149. The Bertz CT molecular complexity index is 2870. The van der Waals surface area contributed by atoms with Crippen LogP contribution in [-0.4, -0.2) is 204 Å². The molecular formula is C68H90Co4Dy2N18O22+2. The number of carbonyl (C=O) groups is 2. The minimum atomic E-state index is -1.35. The molecule has 0 saturated heterocycles. The molecule has 0 fully saturated rings. The summed E-state index contributed by atoms with van der Waals surface area (Å²) < 4.78 is 0. The van der Waals surface area contributed by atoms with E-state index in [0.717, 1.165) is 59.4 Å². The van der Waals surface area contributed by atoms with Crippen molar-refractivity contribution in [1.82, 2.24) is 59.5 Å². The number of carboxylic acid groups (broad SMARTS) is 2. The van der Waals surface area contributed by atoms with E-state index >= 15 is 0 Å². The minimum absolute atomic E-state index is 0. The molecule has 0 aliphatic heterocycles. The molecule has 12 N–H and O–H groups in total. The Labute approximate surface area is 761 Å². The number of hydrogen-bond acceptors (Lipinski definition) is 30. The van der Waals surface area contributed by atoms with Gasteiger partial charge < -0.3 is 136 Å². The number of carbonyl (C=O) groups excluding carboxylic acids is 2. The van der Waals surface area contributed by atoms with Crippen LogP contribution in [0.2, 0.25) is 0 Å². The Morgan fingerprint density at radius 1 is 0.316 bits per heavy atom. The van der Waals surface area contributed by atoms with Crippen molar-refractivity contribution in [2.45, 2.75) is 88.4 Å². The van der Waals surface area contributed by atoms with Gasteiger partial charge >= 0.3 is 143 Å². The third kappa shape index (κ3) is 52.3. The van der Waals surface area contributed by atoms with Crippen molar-refractivity contribution >= 4 is 11.9 Å². The van der Waals surface area contributed by atoms with Gasteiger partial charge in [0.2, 0.25) is 0 Å². The van der Waals surface area contributed by atoms with Crippen LogP contribution in [-0.2, 0) is 151 Å². The number of aliphatic hydroxyl groups excluding tert-OH is 4. The first-order valence-electron chi connectivity index (χ1n) is 30.8. The maximum absolute atomic E-state index is 11.6. The van der Waals surface area contributed by atoms with Gasteiger partial charge in [-0.1, -0.05) is 48.5 Å². The van der Waals surface area contributed by atoms with E-state index in [1.54, 1.807) is 118 Å². The van der Waals surface area contributed by atoms with Crippen molar-refractivity contribution in [3.05, 3.63) is 273 Å². The first-order valence-corrected chi connectivity index (χ1v) is 30.8. The fourth-order valence-electron chi connectivity index (χ4n) is 8.72. The molecule has 638 valence electrons. The molecule has 40 nitrogen and oxygen atoms in total. The van der Waals surface area contributed by atoms with E-state index in [4.69, 9.17) is 41.9 Å². The van der Waals surface area contributed by atoms with Crippen molar-refractivity contribution in [3.8, 4) is 0 Å². The fraction of sp³-hybridized carbons (Fsp3) is 0.382. The summed E-state index contributed by atoms with van der Waals surface area (Å²) in [6.45, 7) is -2.93. The standard InChI is InChI=1S/4C16H19N3O3.2C2H4O2.4Co.2Dy.2N3.4H2O.2O/c4*20-11-16(12-21,13-22)19(9-14-5-1-3-7-17-14)10-15-6-2-4-8-18-15;2*1-2(3)4;;;;;;;2*1-3-2;;;;;;/h4*1-8,20H,9-13H2;2*1H3,(H,3,4);;;;;;;;;4*1H2;;/q4*-2;;;6*+3;2*-1;;;;;2*-2/p-2. The third-order valence-corrected chi connectivity index (χ3v) is 14.6. The van der Waals surface area contributed by atoms with Crippen LogP contribution < -0.4 is 51.1 Å². The van der Waals surface area contributed by atoms with Crippen LogP contribution >= 0.6 is 0 Å². The molecule has 0 amide bonds. The van der Waals surface area contributed by atoms with Gasteiger partial charge in [-0.25, -0.2) is 0 Å². The second kappa shape index (κ2) is 81.2. The Kier molecular flexibility index (Phi) is 95.9. The van der Waals surface area contributed by atoms with Crippen LogP contribution in [0, 0.1) is 76.3 Å². The summed E-state index contributed by atoms with van der Waals surface area (Å²) in [6.07, 6.45) is 13.2. The summed E-state index contributed by atoms with van der Waals surface area (Å²) in [5.41, 5.74) is 27.5. The van der Waals surface area contributed by atoms with Gasteiger partial charge in [-0.15, -0.1) is 52.9 Å². The Balaban J connectivity index is -0.000000111. The molecule has 8 rings (SSSR count). The van der Waals surface area contributed by atoms with Crippen LogP contribution in [0.25, 0.3) is 31.9 Å². The Hall–Kier alpha value is -5.55. The average Bonchev–Trinajstić information content (AvgIpc) is 0.842. The molecule has 8 aromatic rings. The summed E-state index contributed by atoms with van der Waals surface area (Å²) in [4.78, 5) is 61.3. The number of aliphatic carboxylic acids is 2. The topological polar surface area (TPSA) is 762 Å². The molecule has 0 aliphatic carbocycles. The average molecular weight is 2070 g/mol. The van der Waals surface area contributed by atoms with Crippen molar-refractivity contribution in [2.24, 2.45) is 0 Å². The summed E-state index contributed by atoms with van der Waals surface area (Å²) >= 11 is 0. The molecular weight excluding hydrogens is 1980 g/mol. The molecule has 0 atom stereocenters. The molecule has 0 aliphatic rings. The number of pyridine rings is 8. The third-order valence-electron chi connectivity index (χ3n) is 14.6. The van der Waals surface area contributed by atoms with Crippen LogP contribution in [0.5, 0.6) is 0 Å². The fourth-order valence-corrected chi connectivity index (χ4v) is 8.72. The number of aromatic nitrogens is 8. The smallest absolute Gasteiger partial charge is 2.00 e. The van der Waals surface area contributed by atoms with Crippen LogP contribution in [0.1, 0.15) is 59.4 Å². The molecule has 0 unspecified atom stereocenters. The van der Waals surface area contributed by atoms with Crippen LogP contribution in [0.15, 0.2) is 195 Å². The van der Waals surface area contributed by atoms with E-state index in [1.807, 2.05) is 97.1 Å². The first kappa shape index (κ1) is 135. The van der Waals surface area contributed by atoms with Crippen LogP contribution in [0.3, 0.4) is 0 Å². The quantitative estimate of drug-likeness (QED) is 0.0132. The minimum Gasteiger partial charge on any atom is -2.00 e. The number of hydrogen-bond donors (Lipinski definition) is 4. The van der Waals surface area contributed by atoms with Crippen molar-refractivity contribution in [1.29, 1.82) is 0 Å². The Morgan fingerprint density at radius 2 is 0.412 bits per heavy atom. The van der Waals surface area contributed by atoms with E-state index < -0.39 is 113 Å². The number of rotatable bonds is 32. The van der Waals surface area contributed by atoms with Crippen LogP contribution in [0.4, 0.5) is 0 Å². The second-order valence-electron chi connectivity index (χ2n) is 21.8. The summed E-state index contributed by atoms with van der Waals surface area (Å²) in [5.74, 6) is -2.17. The van der Waals surface area contributed by atoms with Crippen molar-refractivity contribution < 1.29 is 257 Å². The SMILES string of the molecule is CC(=O)[O-].CC(=O)[O-].[Co+3].[Co+3].[Co+3].[Co+3].[Dy+3].[Dy+3].[N-]=[N+]=[N-].[N-]=[N+]=[N-].[O-2].[O-2].[O-]CC(C[O-])(CO)N(Cc1ccccn1)Cc1ccccn1.[O-]CC(C[O-])(CO)N(Cc1ccccn1)Cc1ccccn1.[O-]CC(C[O-])(CO)N(Cc1ccccn1)Cc1ccccn1.[O-]CC(C[O-])(CO)N(Cc1ccccn1)Cc1ccccn1.[OH-].[OH-].[OH3+].[OH3+]. The number of nitrogens with zero attached hydrogens (tertiary/aromatic N) is 18. The van der Waals surface area contributed by atoms with Gasteiger partial charge in [-0.2, -0.15) is 0 Å². The molecule has 0 bridgehead atoms. The van der Waals surface area contributed by atoms with E-state index in [9.17, 15) is 61.3 Å². The predicted molar refractivity (Wildman–Crippen MR) is 366 cm³/mol. The normalized spacial score (nSPS) is 9.70. The zero-order chi connectivity index (χ0) is 75.9. The summed E-state index contributed by atoms with van der Waals surface area (Å²) in [6, 6.07) is 43.7. The van der Waals surface area contributed by atoms with Gasteiger partial charge in [-0.3, -0.25) is 69.3 Å². The van der Waals surface area contributed by atoms with E-state index in [-0.39, 0.29) is 176 Å². The maximum atomic E-state index is 11.6. The second-order valence-corrected chi connectivity index (χ2v) is 21.8. The number of aliphatic hydroxyl groups is 4. The zero-order valence-corrected chi connectivity index (χ0v) is 69.4. The maximum Gasteiger partial charge on any atom is 3.00 e. The molecule has 8 aromatic heterocycles.